The highest BCUT2D eigenvalue weighted by Gasteiger charge is 2.19. The van der Waals surface area contributed by atoms with Gasteiger partial charge in [0.1, 0.15) is 0 Å². The summed E-state index contributed by atoms with van der Waals surface area (Å²) in [5.74, 6) is 0.448. The van der Waals surface area contributed by atoms with Gasteiger partial charge in [-0.3, -0.25) is 0 Å². The first-order chi connectivity index (χ1) is 4.83. The molecule has 0 aromatic carbocycles. The molecule has 1 rings (SSSR count). The van der Waals surface area contributed by atoms with E-state index < -0.39 is 0 Å². The van der Waals surface area contributed by atoms with E-state index in [0.717, 1.165) is 19.3 Å². The van der Waals surface area contributed by atoms with E-state index in [0.29, 0.717) is 5.92 Å². The topological polar surface area (TPSA) is 24.6 Å². The largest absolute Gasteiger partial charge is 0.393 e. The van der Waals surface area contributed by atoms with Gasteiger partial charge in [0.25, 0.3) is 0 Å². The zero-order valence-electron chi connectivity index (χ0n) is 5.83. The van der Waals surface area contributed by atoms with Crippen LogP contribution in [0.5, 0.6) is 0 Å². The lowest BCUT2D eigenvalue weighted by molar-refractivity contribution is 0.180. The van der Waals surface area contributed by atoms with E-state index in [1.807, 2.05) is 6.08 Å². The lowest BCUT2D eigenvalue weighted by atomic mass is 10.1. The Hall–Kier alpha value is -0.810. The van der Waals surface area contributed by atoms with Gasteiger partial charge in [-0.1, -0.05) is 6.08 Å². The summed E-state index contributed by atoms with van der Waals surface area (Å²) in [6.07, 6.45) is 6.03. The molecular formula is C8H11NO. The van der Waals surface area contributed by atoms with E-state index in [1.165, 1.54) is 6.20 Å². The van der Waals surface area contributed by atoms with Gasteiger partial charge in [0.05, 0.1) is 12.7 Å². The van der Waals surface area contributed by atoms with Crippen molar-refractivity contribution < 1.29 is 5.11 Å². The minimum atomic E-state index is -0.125. The Morgan fingerprint density at radius 1 is 1.50 bits per heavy atom. The molecule has 0 heterocycles. The zero-order valence-corrected chi connectivity index (χ0v) is 5.83. The van der Waals surface area contributed by atoms with Gasteiger partial charge >= 0.3 is 0 Å². The molecule has 1 fully saturated rings. The fourth-order valence-corrected chi connectivity index (χ4v) is 1.33. The monoisotopic (exact) mass is 137 g/mol. The van der Waals surface area contributed by atoms with E-state index in [-0.39, 0.29) is 6.10 Å². The van der Waals surface area contributed by atoms with Crippen LogP contribution in [0.4, 0.5) is 0 Å². The van der Waals surface area contributed by atoms with Crippen LogP contribution in [-0.2, 0) is 0 Å². The third kappa shape index (κ3) is 1.85. The van der Waals surface area contributed by atoms with Gasteiger partial charge in [-0.15, -0.1) is 0 Å². The minimum Gasteiger partial charge on any atom is -0.393 e. The second kappa shape index (κ2) is 3.38. The van der Waals surface area contributed by atoms with Crippen LogP contribution in [0.25, 0.3) is 4.85 Å². The number of hydrogen-bond donors (Lipinski definition) is 1. The zero-order chi connectivity index (χ0) is 7.40. The molecule has 0 aromatic rings. The highest BCUT2D eigenvalue weighted by atomic mass is 16.3. The van der Waals surface area contributed by atoms with Crippen molar-refractivity contribution >= 4 is 0 Å². The lowest BCUT2D eigenvalue weighted by Gasteiger charge is -1.98. The standard InChI is InChI=1S/C8H11NO/c1-9-5-4-7-2-3-8(10)6-7/h4-5,7-8,10H,2-3,6H2/b5-4+/t7-,8-/m0/s1. The molecule has 1 aliphatic rings. The average Bonchev–Trinajstić information content (AvgIpc) is 2.31. The van der Waals surface area contributed by atoms with Crippen LogP contribution < -0.4 is 0 Å². The molecule has 0 aliphatic heterocycles. The first-order valence-electron chi connectivity index (χ1n) is 3.54. The molecule has 2 nitrogen and oxygen atoms in total. The molecule has 0 unspecified atom stereocenters. The maximum Gasteiger partial charge on any atom is 0.150 e. The van der Waals surface area contributed by atoms with Crippen LogP contribution in [0.15, 0.2) is 12.3 Å². The Bertz CT molecular complexity index is 169. The predicted octanol–water partition coefficient (Wildman–Crippen LogP) is 1.58. The molecule has 0 spiro atoms. The maximum atomic E-state index is 9.09. The van der Waals surface area contributed by atoms with Crippen molar-refractivity contribution in [2.24, 2.45) is 5.92 Å². The Kier molecular flexibility index (Phi) is 2.47. The van der Waals surface area contributed by atoms with Crippen LogP contribution in [0.2, 0.25) is 0 Å². The van der Waals surface area contributed by atoms with Crippen molar-refractivity contribution in [1.29, 1.82) is 0 Å². The molecule has 2 atom stereocenters. The van der Waals surface area contributed by atoms with Crippen LogP contribution in [-0.4, -0.2) is 11.2 Å². The second-order valence-corrected chi connectivity index (χ2v) is 2.70. The van der Waals surface area contributed by atoms with Crippen LogP contribution in [0.1, 0.15) is 19.3 Å². The molecule has 10 heavy (non-hydrogen) atoms. The second-order valence-electron chi connectivity index (χ2n) is 2.70. The quantitative estimate of drug-likeness (QED) is 0.545. The third-order valence-corrected chi connectivity index (χ3v) is 1.88. The van der Waals surface area contributed by atoms with Crippen LogP contribution >= 0.6 is 0 Å². The first kappa shape index (κ1) is 7.30. The lowest BCUT2D eigenvalue weighted by Crippen LogP contribution is -1.97. The Morgan fingerprint density at radius 3 is 2.80 bits per heavy atom. The molecule has 1 aliphatic carbocycles. The summed E-state index contributed by atoms with van der Waals surface area (Å²) in [5.41, 5.74) is 0. The van der Waals surface area contributed by atoms with Crippen LogP contribution in [0, 0.1) is 12.5 Å². The fourth-order valence-electron chi connectivity index (χ4n) is 1.33. The first-order valence-corrected chi connectivity index (χ1v) is 3.54. The molecule has 0 amide bonds. The summed E-state index contributed by atoms with van der Waals surface area (Å²) >= 11 is 0. The molecule has 0 saturated heterocycles. The van der Waals surface area contributed by atoms with E-state index in [4.69, 9.17) is 11.7 Å². The highest BCUT2D eigenvalue weighted by Crippen LogP contribution is 2.26. The Labute approximate surface area is 61.0 Å². The molecule has 0 aromatic heterocycles. The average molecular weight is 137 g/mol. The summed E-state index contributed by atoms with van der Waals surface area (Å²) < 4.78 is 0. The fraction of sp³-hybridized carbons (Fsp3) is 0.625. The predicted molar refractivity (Wildman–Crippen MR) is 39.1 cm³/mol. The SMILES string of the molecule is [C-]#[N+]/C=C/[C@@H]1CC[C@H](O)C1. The van der Waals surface area contributed by atoms with Gasteiger partial charge in [0, 0.05) is 0 Å². The molecule has 1 saturated carbocycles. The van der Waals surface area contributed by atoms with Crippen LogP contribution in [0.3, 0.4) is 0 Å². The van der Waals surface area contributed by atoms with Crippen molar-refractivity contribution in [2.75, 3.05) is 0 Å². The van der Waals surface area contributed by atoms with Gasteiger partial charge in [0.15, 0.2) is 6.20 Å². The summed E-state index contributed by atoms with van der Waals surface area (Å²) in [4.78, 5) is 3.11. The maximum absolute atomic E-state index is 9.09. The number of rotatable bonds is 1. The third-order valence-electron chi connectivity index (χ3n) is 1.88. The molecule has 0 bridgehead atoms. The van der Waals surface area contributed by atoms with Crippen molar-refractivity contribution in [1.82, 2.24) is 0 Å². The van der Waals surface area contributed by atoms with Gasteiger partial charge in [0.2, 0.25) is 0 Å². The normalized spacial score (nSPS) is 32.8. The summed E-state index contributed by atoms with van der Waals surface area (Å²) in [6, 6.07) is 0. The Morgan fingerprint density at radius 2 is 2.30 bits per heavy atom. The van der Waals surface area contributed by atoms with E-state index >= 15 is 0 Å². The summed E-state index contributed by atoms with van der Waals surface area (Å²) in [5, 5.41) is 9.09. The molecular weight excluding hydrogens is 126 g/mol. The highest BCUT2D eigenvalue weighted by molar-refractivity contribution is 4.97. The van der Waals surface area contributed by atoms with Crippen molar-refractivity contribution in [3.8, 4) is 0 Å². The number of aliphatic hydroxyl groups is 1. The van der Waals surface area contributed by atoms with Crippen molar-refractivity contribution in [3.63, 3.8) is 0 Å². The summed E-state index contributed by atoms with van der Waals surface area (Å²) in [6.45, 7) is 6.49. The van der Waals surface area contributed by atoms with Gasteiger partial charge in [-0.25, -0.2) is 4.85 Å². The number of aliphatic hydroxyl groups excluding tert-OH is 1. The van der Waals surface area contributed by atoms with E-state index in [9.17, 15) is 0 Å². The van der Waals surface area contributed by atoms with Gasteiger partial charge < -0.3 is 5.11 Å². The number of allylic oxidation sites excluding steroid dienone is 1. The smallest absolute Gasteiger partial charge is 0.150 e. The minimum absolute atomic E-state index is 0.125. The van der Waals surface area contributed by atoms with E-state index in [1.54, 1.807) is 0 Å². The number of hydrogen-bond acceptors (Lipinski definition) is 1. The van der Waals surface area contributed by atoms with Gasteiger partial charge in [-0.05, 0) is 25.2 Å². The van der Waals surface area contributed by atoms with Crippen molar-refractivity contribution in [2.45, 2.75) is 25.4 Å². The van der Waals surface area contributed by atoms with Crippen molar-refractivity contribution in [3.05, 3.63) is 23.7 Å². The molecule has 54 valence electrons. The summed E-state index contributed by atoms with van der Waals surface area (Å²) in [7, 11) is 0. The molecule has 1 N–H and O–H groups in total. The van der Waals surface area contributed by atoms with E-state index in [2.05, 4.69) is 4.85 Å². The number of nitrogens with zero attached hydrogens (tertiary/aromatic N) is 1. The van der Waals surface area contributed by atoms with Gasteiger partial charge in [-0.2, -0.15) is 0 Å². The molecule has 0 radical (unpaired) electrons. The molecule has 2 heteroatoms. The Balaban J connectivity index is 2.33.